The van der Waals surface area contributed by atoms with Gasteiger partial charge >= 0.3 is 0 Å². The van der Waals surface area contributed by atoms with Gasteiger partial charge < -0.3 is 4.74 Å². The topological polar surface area (TPSA) is 12.5 Å². The van der Waals surface area contributed by atoms with E-state index in [1.165, 1.54) is 32.4 Å². The summed E-state index contributed by atoms with van der Waals surface area (Å²) in [5, 5.41) is 0. The third-order valence-electron chi connectivity index (χ3n) is 4.97. The van der Waals surface area contributed by atoms with Crippen molar-refractivity contribution in [1.29, 1.82) is 0 Å². The third kappa shape index (κ3) is 2.27. The van der Waals surface area contributed by atoms with Crippen LogP contribution in [0, 0.1) is 5.92 Å². The molecule has 1 heterocycles. The van der Waals surface area contributed by atoms with E-state index in [0.717, 1.165) is 23.6 Å². The molecular formula is C17H25NO. The van der Waals surface area contributed by atoms with Crippen molar-refractivity contribution in [3.05, 3.63) is 29.3 Å². The Balaban J connectivity index is 1.92. The van der Waals surface area contributed by atoms with Crippen molar-refractivity contribution in [1.82, 2.24) is 4.90 Å². The average molecular weight is 259 g/mol. The largest absolute Gasteiger partial charge is 0.497 e. The highest BCUT2D eigenvalue weighted by Gasteiger charge is 2.38. The highest BCUT2D eigenvalue weighted by Crippen LogP contribution is 2.43. The number of piperidine rings is 1. The molecule has 1 aliphatic heterocycles. The zero-order valence-corrected chi connectivity index (χ0v) is 12.4. The van der Waals surface area contributed by atoms with Crippen molar-refractivity contribution in [2.24, 2.45) is 5.92 Å². The summed E-state index contributed by atoms with van der Waals surface area (Å²) in [7, 11) is 1.76. The summed E-state index contributed by atoms with van der Waals surface area (Å²) in [5.41, 5.74) is 3.11. The maximum absolute atomic E-state index is 5.40. The highest BCUT2D eigenvalue weighted by molar-refractivity contribution is 5.41. The lowest BCUT2D eigenvalue weighted by Crippen LogP contribution is -2.49. The third-order valence-corrected chi connectivity index (χ3v) is 4.97. The second-order valence-corrected chi connectivity index (χ2v) is 6.24. The summed E-state index contributed by atoms with van der Waals surface area (Å²) in [6, 6.07) is 7.45. The Hall–Kier alpha value is -1.02. The Labute approximate surface area is 116 Å². The van der Waals surface area contributed by atoms with E-state index in [4.69, 9.17) is 4.74 Å². The van der Waals surface area contributed by atoms with Crippen molar-refractivity contribution in [3.8, 4) is 5.75 Å². The summed E-state index contributed by atoms with van der Waals surface area (Å²) in [5.74, 6) is 2.51. The predicted octanol–water partition coefficient (Wildman–Crippen LogP) is 3.46. The van der Waals surface area contributed by atoms with Gasteiger partial charge in [-0.2, -0.15) is 0 Å². The fraction of sp³-hybridized carbons (Fsp3) is 0.647. The predicted molar refractivity (Wildman–Crippen MR) is 78.9 cm³/mol. The van der Waals surface area contributed by atoms with Gasteiger partial charge in [-0.15, -0.1) is 0 Å². The van der Waals surface area contributed by atoms with Crippen molar-refractivity contribution < 1.29 is 4.74 Å². The van der Waals surface area contributed by atoms with E-state index in [-0.39, 0.29) is 0 Å². The van der Waals surface area contributed by atoms with Gasteiger partial charge in [-0.1, -0.05) is 19.9 Å². The number of hydrogen-bond donors (Lipinski definition) is 0. The number of methoxy groups -OCH3 is 1. The van der Waals surface area contributed by atoms with Crippen LogP contribution in [-0.2, 0) is 6.42 Å². The zero-order chi connectivity index (χ0) is 13.4. The van der Waals surface area contributed by atoms with E-state index >= 15 is 0 Å². The molecule has 2 bridgehead atoms. The molecule has 1 fully saturated rings. The second-order valence-electron chi connectivity index (χ2n) is 6.24. The van der Waals surface area contributed by atoms with E-state index in [1.807, 2.05) is 0 Å². The first-order valence-electron chi connectivity index (χ1n) is 7.63. The van der Waals surface area contributed by atoms with E-state index < -0.39 is 0 Å². The molecule has 104 valence electrons. The molecule has 2 aliphatic rings. The molecule has 2 heteroatoms. The van der Waals surface area contributed by atoms with Gasteiger partial charge in [-0.25, -0.2) is 0 Å². The number of hydrogen-bond acceptors (Lipinski definition) is 2. The van der Waals surface area contributed by atoms with Gasteiger partial charge in [0.2, 0.25) is 0 Å². The number of likely N-dealkylation sites (tertiary alicyclic amines) is 1. The molecule has 0 unspecified atom stereocenters. The SMILES string of the molecule is CCCN1C[C@@H](C)[C@@H]2C[C@H]1Cc1ccc(OC)cc12. The molecule has 0 aromatic heterocycles. The van der Waals surface area contributed by atoms with E-state index in [0.29, 0.717) is 0 Å². The van der Waals surface area contributed by atoms with Crippen LogP contribution in [0.2, 0.25) is 0 Å². The normalized spacial score (nSPS) is 29.9. The number of nitrogens with zero attached hydrogens (tertiary/aromatic N) is 1. The van der Waals surface area contributed by atoms with E-state index in [9.17, 15) is 0 Å². The molecule has 0 N–H and O–H groups in total. The summed E-state index contributed by atoms with van der Waals surface area (Å²) in [6.07, 6.45) is 3.83. The van der Waals surface area contributed by atoms with Crippen LogP contribution in [-0.4, -0.2) is 31.1 Å². The molecule has 1 aromatic carbocycles. The van der Waals surface area contributed by atoms with Crippen LogP contribution >= 0.6 is 0 Å². The van der Waals surface area contributed by atoms with Crippen molar-refractivity contribution in [3.63, 3.8) is 0 Å². The molecule has 0 radical (unpaired) electrons. The Kier molecular flexibility index (Phi) is 3.53. The van der Waals surface area contributed by atoms with Crippen molar-refractivity contribution in [2.75, 3.05) is 20.2 Å². The van der Waals surface area contributed by atoms with E-state index in [2.05, 4.69) is 36.9 Å². The summed E-state index contributed by atoms with van der Waals surface area (Å²) in [4.78, 5) is 2.72. The minimum absolute atomic E-state index is 0.733. The molecule has 0 spiro atoms. The lowest BCUT2D eigenvalue weighted by Gasteiger charge is -2.47. The quantitative estimate of drug-likeness (QED) is 0.824. The standard InChI is InChI=1S/C17H25NO/c1-4-7-18-11-12(2)16-9-14(18)8-13-5-6-15(19-3)10-17(13)16/h5-6,10,12,14,16H,4,7-9,11H2,1-3H3/t12-,14-,16+/m1/s1. The lowest BCUT2D eigenvalue weighted by atomic mass is 9.71. The highest BCUT2D eigenvalue weighted by atomic mass is 16.5. The molecular weight excluding hydrogens is 234 g/mol. The van der Waals surface area contributed by atoms with Gasteiger partial charge in [-0.3, -0.25) is 4.90 Å². The molecule has 2 nitrogen and oxygen atoms in total. The van der Waals surface area contributed by atoms with Crippen LogP contribution in [0.4, 0.5) is 0 Å². The summed E-state index contributed by atoms with van der Waals surface area (Å²) >= 11 is 0. The molecule has 19 heavy (non-hydrogen) atoms. The Bertz CT molecular complexity index is 457. The van der Waals surface area contributed by atoms with Gasteiger partial charge in [0, 0.05) is 12.6 Å². The molecule has 1 saturated heterocycles. The molecule has 3 rings (SSSR count). The van der Waals surface area contributed by atoms with Gasteiger partial charge in [0.15, 0.2) is 0 Å². The molecule has 0 amide bonds. The molecule has 1 aromatic rings. The van der Waals surface area contributed by atoms with E-state index in [1.54, 1.807) is 18.2 Å². The average Bonchev–Trinajstić information content (AvgIpc) is 2.44. The van der Waals surface area contributed by atoms with Crippen molar-refractivity contribution in [2.45, 2.75) is 45.1 Å². The van der Waals surface area contributed by atoms with Crippen LogP contribution in [0.1, 0.15) is 43.7 Å². The second kappa shape index (κ2) is 5.16. The molecule has 3 atom stereocenters. The number of benzene rings is 1. The number of fused-ring (bicyclic) bond motifs is 4. The monoisotopic (exact) mass is 259 g/mol. The lowest BCUT2D eigenvalue weighted by molar-refractivity contribution is 0.0870. The van der Waals surface area contributed by atoms with Crippen molar-refractivity contribution >= 4 is 0 Å². The van der Waals surface area contributed by atoms with Crippen LogP contribution in [0.3, 0.4) is 0 Å². The van der Waals surface area contributed by atoms with Gasteiger partial charge in [-0.05, 0) is 60.9 Å². The van der Waals surface area contributed by atoms with Crippen LogP contribution in [0.5, 0.6) is 5.75 Å². The first kappa shape index (κ1) is 13.0. The Morgan fingerprint density at radius 2 is 2.21 bits per heavy atom. The van der Waals surface area contributed by atoms with Crippen LogP contribution in [0.15, 0.2) is 18.2 Å². The van der Waals surface area contributed by atoms with Gasteiger partial charge in [0.25, 0.3) is 0 Å². The summed E-state index contributed by atoms with van der Waals surface area (Å²) < 4.78 is 5.40. The smallest absolute Gasteiger partial charge is 0.119 e. The maximum Gasteiger partial charge on any atom is 0.119 e. The molecule has 1 aliphatic carbocycles. The number of ether oxygens (including phenoxy) is 1. The fourth-order valence-electron chi connectivity index (χ4n) is 4.01. The number of rotatable bonds is 3. The minimum Gasteiger partial charge on any atom is -0.497 e. The molecule has 0 saturated carbocycles. The Morgan fingerprint density at radius 1 is 1.37 bits per heavy atom. The van der Waals surface area contributed by atoms with Crippen LogP contribution < -0.4 is 4.74 Å². The fourth-order valence-corrected chi connectivity index (χ4v) is 4.01. The first-order valence-corrected chi connectivity index (χ1v) is 7.63. The van der Waals surface area contributed by atoms with Gasteiger partial charge in [0.1, 0.15) is 5.75 Å². The van der Waals surface area contributed by atoms with Crippen LogP contribution in [0.25, 0.3) is 0 Å². The minimum atomic E-state index is 0.733. The first-order chi connectivity index (χ1) is 9.22. The van der Waals surface area contributed by atoms with Gasteiger partial charge in [0.05, 0.1) is 7.11 Å². The maximum atomic E-state index is 5.40. The zero-order valence-electron chi connectivity index (χ0n) is 12.4. The Morgan fingerprint density at radius 3 is 2.95 bits per heavy atom. The summed E-state index contributed by atoms with van der Waals surface area (Å²) in [6.45, 7) is 7.23.